The maximum absolute atomic E-state index is 3.60. The zero-order valence-corrected chi connectivity index (χ0v) is 10.8. The molecule has 1 aromatic carbocycles. The van der Waals surface area contributed by atoms with E-state index in [1.807, 2.05) is 0 Å². The molecular weight excluding hydrogens is 285 g/mol. The summed E-state index contributed by atoms with van der Waals surface area (Å²) in [5.41, 5.74) is 3.04. The van der Waals surface area contributed by atoms with Crippen molar-refractivity contribution in [1.82, 2.24) is 5.32 Å². The van der Waals surface area contributed by atoms with Crippen molar-refractivity contribution in [1.29, 1.82) is 0 Å². The summed E-state index contributed by atoms with van der Waals surface area (Å²) in [7, 11) is 0. The summed E-state index contributed by atoms with van der Waals surface area (Å²) in [6, 6.07) is 7.37. The van der Waals surface area contributed by atoms with Crippen molar-refractivity contribution < 1.29 is 0 Å². The highest BCUT2D eigenvalue weighted by atomic mass is 127. The van der Waals surface area contributed by atoms with Gasteiger partial charge in [-0.25, -0.2) is 0 Å². The van der Waals surface area contributed by atoms with Crippen LogP contribution in [0.4, 0.5) is 0 Å². The molecule has 0 fully saturated rings. The molecule has 1 unspecified atom stereocenters. The summed E-state index contributed by atoms with van der Waals surface area (Å²) in [6.07, 6.45) is 1.18. The topological polar surface area (TPSA) is 12.0 Å². The fourth-order valence-corrected chi connectivity index (χ4v) is 2.67. The summed E-state index contributed by atoms with van der Waals surface area (Å²) in [4.78, 5) is 0. The molecule has 0 aliphatic carbocycles. The largest absolute Gasteiger partial charge is 0.309 e. The van der Waals surface area contributed by atoms with E-state index in [0.717, 1.165) is 6.54 Å². The van der Waals surface area contributed by atoms with Crippen LogP contribution < -0.4 is 5.32 Å². The smallest absolute Gasteiger partial charge is 0.0346 e. The summed E-state index contributed by atoms with van der Waals surface area (Å²) in [5, 5.41) is 3.60. The van der Waals surface area contributed by atoms with Gasteiger partial charge in [-0.2, -0.15) is 0 Å². The van der Waals surface area contributed by atoms with E-state index in [4.69, 9.17) is 0 Å². The molecule has 2 rings (SSSR count). The van der Waals surface area contributed by atoms with E-state index >= 15 is 0 Å². The fourth-order valence-electron chi connectivity index (χ4n) is 2.15. The SMILES string of the molecule is CC(C)C1NCCc2ccc(I)cc21. The Hall–Kier alpha value is -0.0900. The highest BCUT2D eigenvalue weighted by Crippen LogP contribution is 2.29. The van der Waals surface area contributed by atoms with Crippen molar-refractivity contribution in [3.63, 3.8) is 0 Å². The average Bonchev–Trinajstić information content (AvgIpc) is 2.16. The standard InChI is InChI=1S/C12H16IN/c1-8(2)12-11-7-10(13)4-3-9(11)5-6-14-12/h3-4,7-8,12,14H,5-6H2,1-2H3. The maximum Gasteiger partial charge on any atom is 0.0346 e. The molecule has 2 heteroatoms. The molecule has 0 amide bonds. The van der Waals surface area contributed by atoms with Crippen LogP contribution in [-0.2, 0) is 6.42 Å². The molecule has 0 bridgehead atoms. The van der Waals surface area contributed by atoms with Crippen LogP contribution in [0.3, 0.4) is 0 Å². The van der Waals surface area contributed by atoms with Gasteiger partial charge in [-0.1, -0.05) is 19.9 Å². The van der Waals surface area contributed by atoms with E-state index in [9.17, 15) is 0 Å². The molecule has 0 saturated carbocycles. The predicted molar refractivity (Wildman–Crippen MR) is 68.4 cm³/mol. The Morgan fingerprint density at radius 2 is 2.21 bits per heavy atom. The monoisotopic (exact) mass is 301 g/mol. The highest BCUT2D eigenvalue weighted by Gasteiger charge is 2.21. The molecule has 0 saturated heterocycles. The third-order valence-corrected chi connectivity index (χ3v) is 3.54. The first-order valence-corrected chi connectivity index (χ1v) is 6.28. The highest BCUT2D eigenvalue weighted by molar-refractivity contribution is 14.1. The molecule has 1 aliphatic rings. The predicted octanol–water partition coefficient (Wildman–Crippen LogP) is 3.13. The number of benzene rings is 1. The van der Waals surface area contributed by atoms with Gasteiger partial charge in [0, 0.05) is 9.61 Å². The van der Waals surface area contributed by atoms with E-state index in [1.165, 1.54) is 21.1 Å². The Bertz CT molecular complexity index is 333. The normalized spacial score (nSPS) is 21.0. The van der Waals surface area contributed by atoms with Crippen LogP contribution in [-0.4, -0.2) is 6.54 Å². The second-order valence-electron chi connectivity index (χ2n) is 4.27. The van der Waals surface area contributed by atoms with Crippen molar-refractivity contribution in [3.8, 4) is 0 Å². The lowest BCUT2D eigenvalue weighted by atomic mass is 9.88. The Morgan fingerprint density at radius 3 is 2.93 bits per heavy atom. The molecule has 76 valence electrons. The zero-order chi connectivity index (χ0) is 10.1. The van der Waals surface area contributed by atoms with E-state index in [2.05, 4.69) is 60.0 Å². The van der Waals surface area contributed by atoms with Gasteiger partial charge in [0.25, 0.3) is 0 Å². The molecule has 0 spiro atoms. The van der Waals surface area contributed by atoms with E-state index < -0.39 is 0 Å². The maximum atomic E-state index is 3.60. The number of nitrogens with one attached hydrogen (secondary N) is 1. The number of fused-ring (bicyclic) bond motifs is 1. The first kappa shape index (κ1) is 10.4. The number of rotatable bonds is 1. The van der Waals surface area contributed by atoms with Crippen molar-refractivity contribution in [2.24, 2.45) is 5.92 Å². The molecular formula is C12H16IN. The van der Waals surface area contributed by atoms with Crippen LogP contribution in [0.1, 0.15) is 31.0 Å². The second-order valence-corrected chi connectivity index (χ2v) is 5.51. The third-order valence-electron chi connectivity index (χ3n) is 2.87. The van der Waals surface area contributed by atoms with Crippen LogP contribution in [0.5, 0.6) is 0 Å². The fraction of sp³-hybridized carbons (Fsp3) is 0.500. The summed E-state index contributed by atoms with van der Waals surface area (Å²) >= 11 is 2.39. The summed E-state index contributed by atoms with van der Waals surface area (Å²) in [6.45, 7) is 5.69. The van der Waals surface area contributed by atoms with Crippen LogP contribution in [0.2, 0.25) is 0 Å². The Balaban J connectivity index is 2.41. The minimum atomic E-state index is 0.550. The third kappa shape index (κ3) is 1.96. The van der Waals surface area contributed by atoms with E-state index in [1.54, 1.807) is 0 Å². The van der Waals surface area contributed by atoms with Gasteiger partial charge < -0.3 is 5.32 Å². The van der Waals surface area contributed by atoms with Crippen molar-refractivity contribution in [3.05, 3.63) is 32.9 Å². The van der Waals surface area contributed by atoms with Gasteiger partial charge in [-0.05, 0) is 64.7 Å². The van der Waals surface area contributed by atoms with E-state index in [-0.39, 0.29) is 0 Å². The zero-order valence-electron chi connectivity index (χ0n) is 8.68. The van der Waals surface area contributed by atoms with Gasteiger partial charge in [0.2, 0.25) is 0 Å². The van der Waals surface area contributed by atoms with Crippen LogP contribution in [0.25, 0.3) is 0 Å². The lowest BCUT2D eigenvalue weighted by Gasteiger charge is -2.30. The van der Waals surface area contributed by atoms with Gasteiger partial charge in [0.1, 0.15) is 0 Å². The van der Waals surface area contributed by atoms with Gasteiger partial charge >= 0.3 is 0 Å². The molecule has 0 aromatic heterocycles. The Labute approximate surface area is 99.4 Å². The first-order valence-electron chi connectivity index (χ1n) is 5.20. The lowest BCUT2D eigenvalue weighted by Crippen LogP contribution is -2.33. The van der Waals surface area contributed by atoms with Gasteiger partial charge in [-0.3, -0.25) is 0 Å². The molecule has 1 nitrogen and oxygen atoms in total. The Kier molecular flexibility index (Phi) is 3.12. The average molecular weight is 301 g/mol. The number of halogens is 1. The van der Waals surface area contributed by atoms with Crippen LogP contribution in [0, 0.1) is 9.49 Å². The molecule has 14 heavy (non-hydrogen) atoms. The number of hydrogen-bond donors (Lipinski definition) is 1. The molecule has 0 radical (unpaired) electrons. The van der Waals surface area contributed by atoms with Crippen LogP contribution in [0.15, 0.2) is 18.2 Å². The minimum absolute atomic E-state index is 0.550. The molecule has 1 heterocycles. The number of hydrogen-bond acceptors (Lipinski definition) is 1. The van der Waals surface area contributed by atoms with Gasteiger partial charge in [0.05, 0.1) is 0 Å². The minimum Gasteiger partial charge on any atom is -0.309 e. The molecule has 1 N–H and O–H groups in total. The second kappa shape index (κ2) is 4.19. The summed E-state index contributed by atoms with van der Waals surface area (Å²) < 4.78 is 1.34. The lowest BCUT2D eigenvalue weighted by molar-refractivity contribution is 0.395. The van der Waals surface area contributed by atoms with Crippen molar-refractivity contribution >= 4 is 22.6 Å². The van der Waals surface area contributed by atoms with Crippen molar-refractivity contribution in [2.75, 3.05) is 6.54 Å². The summed E-state index contributed by atoms with van der Waals surface area (Å²) in [5.74, 6) is 0.673. The van der Waals surface area contributed by atoms with Gasteiger partial charge in [-0.15, -0.1) is 0 Å². The first-order chi connectivity index (χ1) is 6.68. The van der Waals surface area contributed by atoms with Crippen LogP contribution >= 0.6 is 22.6 Å². The Morgan fingerprint density at radius 1 is 1.43 bits per heavy atom. The van der Waals surface area contributed by atoms with Gasteiger partial charge in [0.15, 0.2) is 0 Å². The molecule has 1 aliphatic heterocycles. The van der Waals surface area contributed by atoms with Crippen molar-refractivity contribution in [2.45, 2.75) is 26.3 Å². The molecule has 1 aromatic rings. The van der Waals surface area contributed by atoms with E-state index in [0.29, 0.717) is 12.0 Å². The quantitative estimate of drug-likeness (QED) is 0.786. The molecule has 1 atom stereocenters.